The maximum Gasteiger partial charge on any atom is 1.41 e. The quantitative estimate of drug-likeness (QED) is 0.140. The minimum atomic E-state index is 1.20. The van der Waals surface area contributed by atoms with E-state index in [1.807, 2.05) is 0 Å². The Bertz CT molecular complexity index is 210. The van der Waals surface area contributed by atoms with Gasteiger partial charge in [-0.25, -0.2) is 0 Å². The van der Waals surface area contributed by atoms with Gasteiger partial charge in [0.1, 0.15) is 0 Å². The molecular formula is C26H56MgN+2. The summed E-state index contributed by atoms with van der Waals surface area (Å²) >= 11 is 2.12. The summed E-state index contributed by atoms with van der Waals surface area (Å²) in [5.41, 5.74) is 0. The summed E-state index contributed by atoms with van der Waals surface area (Å²) in [7, 11) is 0. The van der Waals surface area contributed by atoms with Crippen LogP contribution in [0.5, 0.6) is 0 Å². The van der Waals surface area contributed by atoms with Gasteiger partial charge in [-0.15, -0.1) is 0 Å². The molecule has 1 nitrogen and oxygen atoms in total. The van der Waals surface area contributed by atoms with E-state index in [4.69, 9.17) is 0 Å². The number of nitrogens with one attached hydrogen (secondary N) is 1. The van der Waals surface area contributed by atoms with Crippen molar-refractivity contribution in [3.05, 3.63) is 0 Å². The fourth-order valence-electron chi connectivity index (χ4n) is 3.45. The Morgan fingerprint density at radius 1 is 0.393 bits per heavy atom. The van der Waals surface area contributed by atoms with Crippen LogP contribution in [0.2, 0.25) is 4.55 Å². The van der Waals surface area contributed by atoms with E-state index in [2.05, 4.69) is 47.8 Å². The third kappa shape index (κ3) is 34.2. The molecule has 0 fully saturated rings. The highest BCUT2D eigenvalue weighted by Crippen LogP contribution is 2.13. The van der Waals surface area contributed by atoms with Crippen molar-refractivity contribution in [2.45, 2.75) is 154 Å². The molecule has 0 rings (SSSR count). The third-order valence-electron chi connectivity index (χ3n) is 5.52. The van der Waals surface area contributed by atoms with Crippen molar-refractivity contribution in [1.82, 2.24) is 5.32 Å². The van der Waals surface area contributed by atoms with E-state index in [0.717, 1.165) is 0 Å². The van der Waals surface area contributed by atoms with Gasteiger partial charge in [0.05, 0.1) is 0 Å². The minimum absolute atomic E-state index is 1.20. The van der Waals surface area contributed by atoms with Crippen molar-refractivity contribution >= 4 is 21.7 Å². The van der Waals surface area contributed by atoms with Crippen LogP contribution >= 0.6 is 0 Å². The molecule has 0 aromatic carbocycles. The standard InChI is InChI=1S/C18H37.C8H19N.Mg/c1-3-5-7-9-11-13-15-17-18-16-14-12-10-8-6-4-2;1-3-5-7-9-8-6-4-2;/h1,3-18H2,2H3;9H,3-8H2,1-2H3;/q;;+2. The monoisotopic (exact) mass is 406 g/mol. The number of rotatable bonds is 22. The van der Waals surface area contributed by atoms with Crippen molar-refractivity contribution in [2.75, 3.05) is 13.1 Å². The van der Waals surface area contributed by atoms with Gasteiger partial charge in [-0.05, 0) is 32.4 Å². The van der Waals surface area contributed by atoms with Crippen molar-refractivity contribution in [3.63, 3.8) is 0 Å². The van der Waals surface area contributed by atoms with Crippen molar-refractivity contribution in [2.24, 2.45) is 0 Å². The highest BCUT2D eigenvalue weighted by molar-refractivity contribution is 6.08. The van der Waals surface area contributed by atoms with Gasteiger partial charge in [-0.3, -0.25) is 0 Å². The second kappa shape index (κ2) is 32.4. The SMILES string of the molecule is CCCCCCCCCCCCCCCCC[CH2][Mg+2].CCCCNCCCC. The second-order valence-electron chi connectivity index (χ2n) is 8.61. The van der Waals surface area contributed by atoms with Gasteiger partial charge in [0.25, 0.3) is 4.55 Å². The Morgan fingerprint density at radius 3 is 0.964 bits per heavy atom. The van der Waals surface area contributed by atoms with Crippen LogP contribution in [0.3, 0.4) is 0 Å². The van der Waals surface area contributed by atoms with Crippen LogP contribution in [0.15, 0.2) is 0 Å². The summed E-state index contributed by atoms with van der Waals surface area (Å²) in [5.74, 6) is 0. The first-order valence-corrected chi connectivity index (χ1v) is 14.3. The highest BCUT2D eigenvalue weighted by atomic mass is 24.4. The summed E-state index contributed by atoms with van der Waals surface area (Å²) in [5, 5.41) is 3.39. The van der Waals surface area contributed by atoms with Gasteiger partial charge >= 0.3 is 21.7 Å². The molecule has 0 saturated carbocycles. The molecule has 28 heavy (non-hydrogen) atoms. The molecule has 0 bridgehead atoms. The van der Waals surface area contributed by atoms with E-state index in [9.17, 15) is 0 Å². The topological polar surface area (TPSA) is 12.0 Å². The summed E-state index contributed by atoms with van der Waals surface area (Å²) in [4.78, 5) is 0. The first kappa shape index (κ1) is 30.9. The highest BCUT2D eigenvalue weighted by Gasteiger charge is 2.19. The molecule has 0 amide bonds. The first-order chi connectivity index (χ1) is 13.8. The van der Waals surface area contributed by atoms with Gasteiger partial charge in [-0.1, -0.05) is 124 Å². The van der Waals surface area contributed by atoms with Crippen molar-refractivity contribution in [3.8, 4) is 0 Å². The van der Waals surface area contributed by atoms with Crippen molar-refractivity contribution < 1.29 is 0 Å². The molecule has 0 unspecified atom stereocenters. The molecule has 0 atom stereocenters. The van der Waals surface area contributed by atoms with Crippen LogP contribution in [0.25, 0.3) is 0 Å². The first-order valence-electron chi connectivity index (χ1n) is 13.3. The molecular weight excluding hydrogens is 351 g/mol. The fraction of sp³-hybridized carbons (Fsp3) is 1.00. The lowest BCUT2D eigenvalue weighted by Gasteiger charge is -2.02. The molecule has 7 radical (unpaired) electrons. The summed E-state index contributed by atoms with van der Waals surface area (Å²) in [6.45, 7) is 9.15. The Labute approximate surface area is 193 Å². The van der Waals surface area contributed by atoms with Crippen LogP contribution in [0, 0.1) is 0 Å². The molecule has 0 saturated heterocycles. The molecule has 1 N–H and O–H groups in total. The molecule has 0 spiro atoms. The number of hydrogen-bond donors (Lipinski definition) is 1. The Hall–Kier alpha value is 0.726. The van der Waals surface area contributed by atoms with E-state index < -0.39 is 0 Å². The van der Waals surface area contributed by atoms with E-state index in [1.54, 1.807) is 0 Å². The van der Waals surface area contributed by atoms with E-state index in [0.29, 0.717) is 0 Å². The van der Waals surface area contributed by atoms with Gasteiger partial charge in [-0.2, -0.15) is 0 Å². The maximum absolute atomic E-state index is 3.39. The largest absolute Gasteiger partial charge is 1.41 e. The van der Waals surface area contributed by atoms with Crippen LogP contribution < -0.4 is 5.32 Å². The zero-order chi connectivity index (χ0) is 21.0. The van der Waals surface area contributed by atoms with Crippen LogP contribution in [0.4, 0.5) is 0 Å². The Kier molecular flexibility index (Phi) is 35.8. The molecule has 2 heteroatoms. The third-order valence-corrected chi connectivity index (χ3v) is 6.02. The lowest BCUT2D eigenvalue weighted by molar-refractivity contribution is 0.531. The van der Waals surface area contributed by atoms with Gasteiger partial charge < -0.3 is 5.32 Å². The average molecular weight is 407 g/mol. The Morgan fingerprint density at radius 2 is 0.679 bits per heavy atom. The number of hydrogen-bond acceptors (Lipinski definition) is 1. The maximum atomic E-state index is 3.39. The second-order valence-corrected chi connectivity index (χ2v) is 9.32. The average Bonchev–Trinajstić information content (AvgIpc) is 2.71. The molecule has 0 aliphatic carbocycles. The van der Waals surface area contributed by atoms with Gasteiger partial charge in [0, 0.05) is 6.42 Å². The summed E-state index contributed by atoms with van der Waals surface area (Å²) < 4.78 is 1.40. The molecule has 0 aromatic heterocycles. The van der Waals surface area contributed by atoms with E-state index in [1.165, 1.54) is 146 Å². The van der Waals surface area contributed by atoms with Crippen molar-refractivity contribution in [1.29, 1.82) is 0 Å². The number of unbranched alkanes of at least 4 members (excludes halogenated alkanes) is 17. The van der Waals surface area contributed by atoms with Crippen LogP contribution in [-0.2, 0) is 0 Å². The zero-order valence-corrected chi connectivity index (χ0v) is 21.9. The lowest BCUT2D eigenvalue weighted by Crippen LogP contribution is -2.15. The molecule has 0 aliphatic heterocycles. The van der Waals surface area contributed by atoms with Gasteiger partial charge in [0.15, 0.2) is 0 Å². The Balaban J connectivity index is 0. The predicted molar refractivity (Wildman–Crippen MR) is 133 cm³/mol. The normalized spacial score (nSPS) is 10.7. The van der Waals surface area contributed by atoms with E-state index in [-0.39, 0.29) is 0 Å². The van der Waals surface area contributed by atoms with E-state index >= 15 is 0 Å². The predicted octanol–water partition coefficient (Wildman–Crippen LogP) is 9.01. The molecule has 0 aromatic rings. The van der Waals surface area contributed by atoms with Crippen LogP contribution in [-0.4, -0.2) is 34.8 Å². The smallest absolute Gasteiger partial charge is 0.317 e. The molecule has 0 heterocycles. The summed E-state index contributed by atoms with van der Waals surface area (Å²) in [6.07, 6.45) is 28.8. The molecule has 0 aliphatic rings. The van der Waals surface area contributed by atoms with Crippen LogP contribution in [0.1, 0.15) is 149 Å². The minimum Gasteiger partial charge on any atom is -0.317 e. The summed E-state index contributed by atoms with van der Waals surface area (Å²) in [6, 6.07) is 0. The van der Waals surface area contributed by atoms with Gasteiger partial charge in [0.2, 0.25) is 0 Å². The lowest BCUT2D eigenvalue weighted by atomic mass is 10.0. The fourth-order valence-corrected chi connectivity index (χ4v) is 3.81. The molecule has 165 valence electrons. The zero-order valence-electron chi connectivity index (χ0n) is 20.5.